The SMILES string of the molecule is CCc1c([C@@H](C)CC[C@@H]2CCCCC2(C)C)oc2cc3c(cc12)OCO3. The van der Waals surface area contributed by atoms with Gasteiger partial charge in [-0.1, -0.05) is 40.5 Å². The predicted octanol–water partition coefficient (Wildman–Crippen LogP) is 6.82. The maximum Gasteiger partial charge on any atom is 0.231 e. The summed E-state index contributed by atoms with van der Waals surface area (Å²) >= 11 is 0. The molecule has 0 saturated heterocycles. The van der Waals surface area contributed by atoms with E-state index in [1.54, 1.807) is 0 Å². The molecular formula is C23H32O3. The Kier molecular flexibility index (Phi) is 4.66. The first-order valence-corrected chi connectivity index (χ1v) is 10.3. The van der Waals surface area contributed by atoms with Gasteiger partial charge in [-0.15, -0.1) is 0 Å². The zero-order chi connectivity index (χ0) is 18.3. The highest BCUT2D eigenvalue weighted by atomic mass is 16.7. The van der Waals surface area contributed by atoms with E-state index in [-0.39, 0.29) is 0 Å². The van der Waals surface area contributed by atoms with Crippen molar-refractivity contribution in [3.05, 3.63) is 23.5 Å². The number of hydrogen-bond donors (Lipinski definition) is 0. The minimum atomic E-state index is 0.309. The summed E-state index contributed by atoms with van der Waals surface area (Å²) in [5, 5.41) is 1.19. The van der Waals surface area contributed by atoms with Crippen LogP contribution in [0.5, 0.6) is 11.5 Å². The first kappa shape index (κ1) is 17.8. The lowest BCUT2D eigenvalue weighted by Gasteiger charge is -2.39. The monoisotopic (exact) mass is 356 g/mol. The molecule has 1 aliphatic heterocycles. The van der Waals surface area contributed by atoms with Gasteiger partial charge in [0.1, 0.15) is 11.3 Å². The van der Waals surface area contributed by atoms with E-state index in [0.717, 1.165) is 29.4 Å². The lowest BCUT2D eigenvalue weighted by molar-refractivity contribution is 0.124. The molecule has 1 saturated carbocycles. The molecule has 0 amide bonds. The lowest BCUT2D eigenvalue weighted by atomic mass is 9.67. The van der Waals surface area contributed by atoms with E-state index < -0.39 is 0 Å². The van der Waals surface area contributed by atoms with Crippen molar-refractivity contribution in [2.75, 3.05) is 6.79 Å². The number of benzene rings is 1. The van der Waals surface area contributed by atoms with Crippen LogP contribution in [0, 0.1) is 11.3 Å². The summed E-state index contributed by atoms with van der Waals surface area (Å²) in [5.74, 6) is 4.11. The molecule has 0 unspecified atom stereocenters. The van der Waals surface area contributed by atoms with Crippen LogP contribution in [0.4, 0.5) is 0 Å². The molecule has 3 nitrogen and oxygen atoms in total. The molecule has 1 aliphatic carbocycles. The van der Waals surface area contributed by atoms with Gasteiger partial charge in [0.15, 0.2) is 11.5 Å². The third-order valence-corrected chi connectivity index (χ3v) is 6.80. The fraction of sp³-hybridized carbons (Fsp3) is 0.652. The Morgan fingerprint density at radius 2 is 1.92 bits per heavy atom. The van der Waals surface area contributed by atoms with Crippen LogP contribution in [0.2, 0.25) is 0 Å². The number of hydrogen-bond acceptors (Lipinski definition) is 3. The highest BCUT2D eigenvalue weighted by molar-refractivity contribution is 5.86. The van der Waals surface area contributed by atoms with E-state index in [4.69, 9.17) is 13.9 Å². The minimum Gasteiger partial charge on any atom is -0.460 e. The van der Waals surface area contributed by atoms with Crippen molar-refractivity contribution in [2.45, 2.75) is 78.6 Å². The topological polar surface area (TPSA) is 31.6 Å². The van der Waals surface area contributed by atoms with Crippen LogP contribution in [0.3, 0.4) is 0 Å². The van der Waals surface area contributed by atoms with Crippen molar-refractivity contribution in [3.63, 3.8) is 0 Å². The maximum absolute atomic E-state index is 6.33. The van der Waals surface area contributed by atoms with E-state index in [2.05, 4.69) is 33.8 Å². The summed E-state index contributed by atoms with van der Waals surface area (Å²) in [5.41, 5.74) is 2.77. The van der Waals surface area contributed by atoms with Crippen molar-refractivity contribution in [1.29, 1.82) is 0 Å². The quantitative estimate of drug-likeness (QED) is 0.589. The third kappa shape index (κ3) is 3.10. The maximum atomic E-state index is 6.33. The molecule has 2 heterocycles. The third-order valence-electron chi connectivity index (χ3n) is 6.80. The molecule has 142 valence electrons. The second-order valence-corrected chi connectivity index (χ2v) is 8.91. The van der Waals surface area contributed by atoms with Crippen molar-refractivity contribution in [3.8, 4) is 11.5 Å². The first-order valence-electron chi connectivity index (χ1n) is 10.3. The number of rotatable bonds is 5. The second kappa shape index (κ2) is 6.83. The molecule has 1 aromatic carbocycles. The number of ether oxygens (including phenoxy) is 2. The van der Waals surface area contributed by atoms with Crippen LogP contribution in [-0.2, 0) is 6.42 Å². The predicted molar refractivity (Wildman–Crippen MR) is 105 cm³/mol. The Bertz CT molecular complexity index is 786. The van der Waals surface area contributed by atoms with Crippen LogP contribution in [0.1, 0.15) is 83.5 Å². The van der Waals surface area contributed by atoms with Crippen molar-refractivity contribution in [1.82, 2.24) is 0 Å². The Morgan fingerprint density at radius 3 is 2.65 bits per heavy atom. The van der Waals surface area contributed by atoms with E-state index >= 15 is 0 Å². The molecule has 0 radical (unpaired) electrons. The summed E-state index contributed by atoms with van der Waals surface area (Å²) < 4.78 is 17.4. The molecule has 2 aliphatic rings. The van der Waals surface area contributed by atoms with Gasteiger partial charge in [0.2, 0.25) is 6.79 Å². The van der Waals surface area contributed by atoms with Crippen LogP contribution in [0.15, 0.2) is 16.5 Å². The zero-order valence-corrected chi connectivity index (χ0v) is 16.7. The molecule has 2 atom stereocenters. The van der Waals surface area contributed by atoms with E-state index in [1.165, 1.54) is 55.2 Å². The summed E-state index contributed by atoms with van der Waals surface area (Å²) in [6.45, 7) is 9.77. The van der Waals surface area contributed by atoms with Crippen molar-refractivity contribution in [2.24, 2.45) is 11.3 Å². The second-order valence-electron chi connectivity index (χ2n) is 8.91. The van der Waals surface area contributed by atoms with Gasteiger partial charge in [-0.3, -0.25) is 0 Å². The Hall–Kier alpha value is -1.64. The molecule has 1 aromatic heterocycles. The minimum absolute atomic E-state index is 0.309. The smallest absolute Gasteiger partial charge is 0.231 e. The summed E-state index contributed by atoms with van der Waals surface area (Å²) in [6, 6.07) is 4.09. The normalized spacial score (nSPS) is 22.7. The largest absolute Gasteiger partial charge is 0.460 e. The van der Waals surface area contributed by atoms with Crippen molar-refractivity contribution >= 4 is 11.0 Å². The van der Waals surface area contributed by atoms with Gasteiger partial charge < -0.3 is 13.9 Å². The Balaban J connectivity index is 1.55. The van der Waals surface area contributed by atoms with Crippen molar-refractivity contribution < 1.29 is 13.9 Å². The fourth-order valence-electron chi connectivity index (χ4n) is 5.00. The fourth-order valence-corrected chi connectivity index (χ4v) is 5.00. The number of fused-ring (bicyclic) bond motifs is 2. The standard InChI is InChI=1S/C23H32O3/c1-5-17-18-12-20-21(25-14-24-20)13-19(18)26-22(17)15(2)9-10-16-8-6-7-11-23(16,3)4/h12-13,15-16H,5-11,14H2,1-4H3/t15-,16-/m0/s1. The van der Waals surface area contributed by atoms with Gasteiger partial charge in [0, 0.05) is 22.9 Å². The van der Waals surface area contributed by atoms with Gasteiger partial charge in [0.25, 0.3) is 0 Å². The van der Waals surface area contributed by atoms with Crippen LogP contribution in [0.25, 0.3) is 11.0 Å². The molecule has 0 bridgehead atoms. The summed E-state index contributed by atoms with van der Waals surface area (Å²) in [7, 11) is 0. The summed E-state index contributed by atoms with van der Waals surface area (Å²) in [4.78, 5) is 0. The average molecular weight is 357 g/mol. The van der Waals surface area contributed by atoms with Gasteiger partial charge in [-0.05, 0) is 49.5 Å². The van der Waals surface area contributed by atoms with Crippen LogP contribution in [-0.4, -0.2) is 6.79 Å². The van der Waals surface area contributed by atoms with E-state index in [1.807, 2.05) is 6.07 Å². The van der Waals surface area contributed by atoms with E-state index in [9.17, 15) is 0 Å². The molecule has 0 spiro atoms. The molecule has 0 N–H and O–H groups in total. The van der Waals surface area contributed by atoms with Gasteiger partial charge >= 0.3 is 0 Å². The lowest BCUT2D eigenvalue weighted by Crippen LogP contribution is -2.28. The van der Waals surface area contributed by atoms with Gasteiger partial charge in [-0.25, -0.2) is 0 Å². The number of furan rings is 1. The van der Waals surface area contributed by atoms with Gasteiger partial charge in [0.05, 0.1) is 0 Å². The molecule has 1 fully saturated rings. The Labute approximate surface area is 157 Å². The molecule has 4 rings (SSSR count). The summed E-state index contributed by atoms with van der Waals surface area (Å²) in [6.07, 6.45) is 9.06. The van der Waals surface area contributed by atoms with Crippen LogP contribution < -0.4 is 9.47 Å². The Morgan fingerprint density at radius 1 is 1.15 bits per heavy atom. The van der Waals surface area contributed by atoms with Crippen LogP contribution >= 0.6 is 0 Å². The van der Waals surface area contributed by atoms with E-state index in [0.29, 0.717) is 18.1 Å². The highest BCUT2D eigenvalue weighted by Crippen LogP contribution is 2.45. The average Bonchev–Trinajstić information content (AvgIpc) is 3.21. The first-order chi connectivity index (χ1) is 12.5. The zero-order valence-electron chi connectivity index (χ0n) is 16.7. The number of aryl methyl sites for hydroxylation is 1. The molecular weight excluding hydrogens is 324 g/mol. The molecule has 2 aromatic rings. The molecule has 3 heteroatoms. The highest BCUT2D eigenvalue weighted by Gasteiger charge is 2.32. The molecule has 26 heavy (non-hydrogen) atoms. The van der Waals surface area contributed by atoms with Gasteiger partial charge in [-0.2, -0.15) is 0 Å².